The molecule has 3 N–H and O–H groups in total. The Morgan fingerprint density at radius 3 is 2.44 bits per heavy atom. The lowest BCUT2D eigenvalue weighted by molar-refractivity contribution is 0.0697. The highest BCUT2D eigenvalue weighted by atomic mass is 16.5. The molecule has 0 aliphatic heterocycles. The normalized spacial score (nSPS) is 10.1. The number of hydrogen-bond donors (Lipinski definition) is 3. The fourth-order valence-electron chi connectivity index (χ4n) is 2.41. The maximum Gasteiger partial charge on any atom is 0.335 e. The Hall–Kier alpha value is -3.81. The molecule has 0 saturated heterocycles. The summed E-state index contributed by atoms with van der Waals surface area (Å²) < 4.78 is 10.6. The quantitative estimate of drug-likeness (QED) is 0.581. The number of carbonyl (C=O) groups is 1. The number of rotatable bonds is 7. The second-order valence-corrected chi connectivity index (χ2v) is 5.49. The molecule has 8 nitrogen and oxygen atoms in total. The van der Waals surface area contributed by atoms with Gasteiger partial charge in [0.15, 0.2) is 0 Å². The van der Waals surface area contributed by atoms with Gasteiger partial charge in [0.2, 0.25) is 0 Å². The summed E-state index contributed by atoms with van der Waals surface area (Å²) in [7, 11) is 3.16. The van der Waals surface area contributed by atoms with Crippen LogP contribution in [0.15, 0.2) is 54.9 Å². The molecule has 3 rings (SSSR count). The van der Waals surface area contributed by atoms with Gasteiger partial charge in [-0.05, 0) is 30.3 Å². The van der Waals surface area contributed by atoms with E-state index < -0.39 is 5.97 Å². The van der Waals surface area contributed by atoms with Crippen molar-refractivity contribution >= 4 is 29.0 Å². The number of nitrogens with one attached hydrogen (secondary N) is 2. The summed E-state index contributed by atoms with van der Waals surface area (Å²) in [4.78, 5) is 19.4. The SMILES string of the molecule is COc1ccc(Nc2cc(Nc3cccc(C(=O)O)c3)ncn2)c(OC)c1. The van der Waals surface area contributed by atoms with Crippen LogP contribution in [-0.2, 0) is 0 Å². The molecule has 0 spiro atoms. The Bertz CT molecular complexity index is 962. The minimum absolute atomic E-state index is 0.190. The van der Waals surface area contributed by atoms with Crippen molar-refractivity contribution in [2.75, 3.05) is 24.9 Å². The number of aromatic carboxylic acids is 1. The van der Waals surface area contributed by atoms with Crippen molar-refractivity contribution in [3.05, 3.63) is 60.4 Å². The highest BCUT2D eigenvalue weighted by Gasteiger charge is 2.08. The molecule has 0 amide bonds. The zero-order valence-corrected chi connectivity index (χ0v) is 14.8. The van der Waals surface area contributed by atoms with Gasteiger partial charge < -0.3 is 25.2 Å². The van der Waals surface area contributed by atoms with Crippen LogP contribution in [0.1, 0.15) is 10.4 Å². The van der Waals surface area contributed by atoms with Crippen LogP contribution in [0.3, 0.4) is 0 Å². The summed E-state index contributed by atoms with van der Waals surface area (Å²) in [5.41, 5.74) is 1.52. The van der Waals surface area contributed by atoms with Crippen molar-refractivity contribution < 1.29 is 19.4 Å². The van der Waals surface area contributed by atoms with Crippen molar-refractivity contribution in [1.82, 2.24) is 9.97 Å². The lowest BCUT2D eigenvalue weighted by atomic mass is 10.2. The molecule has 0 radical (unpaired) electrons. The molecule has 2 aromatic carbocycles. The topological polar surface area (TPSA) is 106 Å². The first-order valence-corrected chi connectivity index (χ1v) is 8.00. The minimum Gasteiger partial charge on any atom is -0.497 e. The third kappa shape index (κ3) is 4.43. The zero-order valence-electron chi connectivity index (χ0n) is 14.8. The summed E-state index contributed by atoms with van der Waals surface area (Å²) in [5.74, 6) is 1.36. The lowest BCUT2D eigenvalue weighted by Crippen LogP contribution is -2.01. The standard InChI is InChI=1S/C19H18N4O4/c1-26-14-6-7-15(16(9-14)27-2)23-18-10-17(20-11-21-18)22-13-5-3-4-12(8-13)19(24)25/h3-11H,1-2H3,(H,24,25)(H2,20,21,22,23). The average Bonchev–Trinajstić information content (AvgIpc) is 2.68. The molecule has 0 saturated carbocycles. The van der Waals surface area contributed by atoms with Crippen molar-refractivity contribution in [2.24, 2.45) is 0 Å². The number of carboxylic acids is 1. The zero-order chi connectivity index (χ0) is 19.2. The number of methoxy groups -OCH3 is 2. The first-order chi connectivity index (χ1) is 13.1. The fourth-order valence-corrected chi connectivity index (χ4v) is 2.41. The van der Waals surface area contributed by atoms with Gasteiger partial charge in [-0.2, -0.15) is 0 Å². The summed E-state index contributed by atoms with van der Waals surface area (Å²) in [6, 6.07) is 13.6. The predicted octanol–water partition coefficient (Wildman–Crippen LogP) is 3.68. The van der Waals surface area contributed by atoms with Gasteiger partial charge in [0.1, 0.15) is 29.5 Å². The van der Waals surface area contributed by atoms with E-state index in [1.165, 1.54) is 18.5 Å². The Labute approximate surface area is 155 Å². The van der Waals surface area contributed by atoms with Gasteiger partial charge in [-0.15, -0.1) is 0 Å². The number of benzene rings is 2. The summed E-state index contributed by atoms with van der Waals surface area (Å²) in [6.07, 6.45) is 1.40. The van der Waals surface area contributed by atoms with Crippen LogP contribution in [-0.4, -0.2) is 35.3 Å². The van der Waals surface area contributed by atoms with Gasteiger partial charge >= 0.3 is 5.97 Å². The van der Waals surface area contributed by atoms with Gasteiger partial charge in [-0.3, -0.25) is 0 Å². The highest BCUT2D eigenvalue weighted by Crippen LogP contribution is 2.31. The third-order valence-corrected chi connectivity index (χ3v) is 3.72. The van der Waals surface area contributed by atoms with Crippen LogP contribution >= 0.6 is 0 Å². The minimum atomic E-state index is -0.990. The maximum absolute atomic E-state index is 11.1. The van der Waals surface area contributed by atoms with Gasteiger partial charge in [0.05, 0.1) is 25.5 Å². The summed E-state index contributed by atoms with van der Waals surface area (Å²) in [6.45, 7) is 0. The number of hydrogen-bond acceptors (Lipinski definition) is 7. The van der Waals surface area contributed by atoms with Crippen LogP contribution in [0.5, 0.6) is 11.5 Å². The molecule has 0 aliphatic carbocycles. The van der Waals surface area contributed by atoms with E-state index in [4.69, 9.17) is 14.6 Å². The Morgan fingerprint density at radius 1 is 0.963 bits per heavy atom. The molecule has 0 bridgehead atoms. The molecule has 27 heavy (non-hydrogen) atoms. The maximum atomic E-state index is 11.1. The van der Waals surface area contributed by atoms with E-state index in [1.54, 1.807) is 38.5 Å². The molecule has 0 unspecified atom stereocenters. The Kier molecular flexibility index (Phi) is 5.36. The summed E-state index contributed by atoms with van der Waals surface area (Å²) in [5, 5.41) is 15.3. The molecule has 0 fully saturated rings. The monoisotopic (exact) mass is 366 g/mol. The van der Waals surface area contributed by atoms with Gasteiger partial charge in [-0.1, -0.05) is 6.07 Å². The van der Waals surface area contributed by atoms with E-state index in [0.29, 0.717) is 28.8 Å². The van der Waals surface area contributed by atoms with E-state index in [9.17, 15) is 4.79 Å². The fraction of sp³-hybridized carbons (Fsp3) is 0.105. The number of nitrogens with zero attached hydrogens (tertiary/aromatic N) is 2. The largest absolute Gasteiger partial charge is 0.497 e. The average molecular weight is 366 g/mol. The smallest absolute Gasteiger partial charge is 0.335 e. The number of anilines is 4. The number of aromatic nitrogens is 2. The van der Waals surface area contributed by atoms with Gasteiger partial charge in [0, 0.05) is 17.8 Å². The van der Waals surface area contributed by atoms with E-state index in [0.717, 1.165) is 5.69 Å². The molecular formula is C19H18N4O4. The molecule has 8 heteroatoms. The first-order valence-electron chi connectivity index (χ1n) is 8.00. The van der Waals surface area contributed by atoms with Crippen LogP contribution < -0.4 is 20.1 Å². The molecule has 3 aromatic rings. The Balaban J connectivity index is 1.80. The molecule has 1 aromatic heterocycles. The molecule has 138 valence electrons. The lowest BCUT2D eigenvalue weighted by Gasteiger charge is -2.13. The van der Waals surface area contributed by atoms with E-state index in [1.807, 2.05) is 12.1 Å². The molecule has 1 heterocycles. The predicted molar refractivity (Wildman–Crippen MR) is 102 cm³/mol. The second kappa shape index (κ2) is 8.05. The number of ether oxygens (including phenoxy) is 2. The van der Waals surface area contributed by atoms with Crippen LogP contribution in [0, 0.1) is 0 Å². The molecule has 0 aliphatic rings. The second-order valence-electron chi connectivity index (χ2n) is 5.49. The van der Waals surface area contributed by atoms with Gasteiger partial charge in [0.25, 0.3) is 0 Å². The number of carboxylic acid groups (broad SMARTS) is 1. The van der Waals surface area contributed by atoms with Crippen LogP contribution in [0.2, 0.25) is 0 Å². The van der Waals surface area contributed by atoms with E-state index in [2.05, 4.69) is 20.6 Å². The molecule has 0 atom stereocenters. The summed E-state index contributed by atoms with van der Waals surface area (Å²) >= 11 is 0. The van der Waals surface area contributed by atoms with Crippen molar-refractivity contribution in [1.29, 1.82) is 0 Å². The first kappa shape index (κ1) is 18.0. The van der Waals surface area contributed by atoms with E-state index in [-0.39, 0.29) is 5.56 Å². The van der Waals surface area contributed by atoms with Crippen molar-refractivity contribution in [3.63, 3.8) is 0 Å². The molecular weight excluding hydrogens is 348 g/mol. The van der Waals surface area contributed by atoms with Crippen molar-refractivity contribution in [2.45, 2.75) is 0 Å². The van der Waals surface area contributed by atoms with Gasteiger partial charge in [-0.25, -0.2) is 14.8 Å². The van der Waals surface area contributed by atoms with Crippen LogP contribution in [0.4, 0.5) is 23.0 Å². The highest BCUT2D eigenvalue weighted by molar-refractivity contribution is 5.89. The van der Waals surface area contributed by atoms with E-state index >= 15 is 0 Å². The van der Waals surface area contributed by atoms with Crippen molar-refractivity contribution in [3.8, 4) is 11.5 Å². The third-order valence-electron chi connectivity index (χ3n) is 3.72. The Morgan fingerprint density at radius 2 is 1.74 bits per heavy atom. The van der Waals surface area contributed by atoms with Crippen LogP contribution in [0.25, 0.3) is 0 Å².